The van der Waals surface area contributed by atoms with Crippen molar-refractivity contribution in [3.8, 4) is 5.75 Å². The number of aromatic nitrogens is 1. The summed E-state index contributed by atoms with van der Waals surface area (Å²) in [5.41, 5.74) is 2.48. The summed E-state index contributed by atoms with van der Waals surface area (Å²) in [6, 6.07) is 15.3. The fraction of sp³-hybridized carbons (Fsp3) is 0.500. The van der Waals surface area contributed by atoms with E-state index in [-0.39, 0.29) is 0 Å². The Hall–Kier alpha value is -2.11. The van der Waals surface area contributed by atoms with Crippen molar-refractivity contribution in [1.82, 2.24) is 14.8 Å². The molecule has 0 aliphatic carbocycles. The Bertz CT molecular complexity index is 698. The molecule has 0 saturated carbocycles. The zero-order chi connectivity index (χ0) is 18.5. The second kappa shape index (κ2) is 8.72. The molecule has 0 bridgehead atoms. The van der Waals surface area contributed by atoms with Crippen LogP contribution >= 0.6 is 0 Å². The summed E-state index contributed by atoms with van der Waals surface area (Å²) in [6.07, 6.45) is 4.51. The lowest BCUT2D eigenvalue weighted by Crippen LogP contribution is -2.55. The number of nitrogens with zero attached hydrogens (tertiary/aromatic N) is 4. The van der Waals surface area contributed by atoms with E-state index >= 15 is 0 Å². The summed E-state index contributed by atoms with van der Waals surface area (Å²) in [5, 5.41) is 0. The highest BCUT2D eigenvalue weighted by Gasteiger charge is 2.28. The van der Waals surface area contributed by atoms with Gasteiger partial charge in [-0.15, -0.1) is 0 Å². The summed E-state index contributed by atoms with van der Waals surface area (Å²) in [5.74, 6) is 0.924. The normalized spacial score (nSPS) is 22.0. The molecule has 0 spiro atoms. The molecule has 5 heteroatoms. The number of methoxy groups -OCH3 is 1. The highest BCUT2D eigenvalue weighted by atomic mass is 16.5. The number of anilines is 1. The molecule has 5 nitrogen and oxygen atoms in total. The van der Waals surface area contributed by atoms with E-state index in [1.165, 1.54) is 37.3 Å². The molecule has 0 N–H and O–H groups in total. The molecule has 2 fully saturated rings. The van der Waals surface area contributed by atoms with Crippen molar-refractivity contribution in [1.29, 1.82) is 0 Å². The third kappa shape index (κ3) is 4.60. The molecular weight excluding hydrogens is 336 g/mol. The molecule has 0 amide bonds. The molecule has 1 aromatic carbocycles. The summed E-state index contributed by atoms with van der Waals surface area (Å²) < 4.78 is 5.27. The Morgan fingerprint density at radius 2 is 1.81 bits per heavy atom. The van der Waals surface area contributed by atoms with E-state index in [1.54, 1.807) is 7.11 Å². The van der Waals surface area contributed by atoms with E-state index in [2.05, 4.69) is 56.1 Å². The van der Waals surface area contributed by atoms with Gasteiger partial charge in [0.2, 0.25) is 0 Å². The Labute approximate surface area is 162 Å². The van der Waals surface area contributed by atoms with Crippen LogP contribution in [0.15, 0.2) is 48.7 Å². The average molecular weight is 367 g/mol. The number of hydrogen-bond donors (Lipinski definition) is 0. The third-order valence-corrected chi connectivity index (χ3v) is 5.86. The number of benzene rings is 1. The first-order valence-electron chi connectivity index (χ1n) is 10.1. The maximum atomic E-state index is 5.27. The maximum Gasteiger partial charge on any atom is 0.119 e. The number of ether oxygens (including phenoxy) is 1. The Balaban J connectivity index is 1.29. The van der Waals surface area contributed by atoms with Crippen molar-refractivity contribution in [2.75, 3.05) is 51.3 Å². The number of piperidine rings is 1. The molecular formula is C22H30N4O. The largest absolute Gasteiger partial charge is 0.497 e. The van der Waals surface area contributed by atoms with Gasteiger partial charge in [-0.2, -0.15) is 0 Å². The van der Waals surface area contributed by atoms with Crippen molar-refractivity contribution < 1.29 is 4.74 Å². The number of rotatable bonds is 5. The molecule has 2 aromatic rings. The lowest BCUT2D eigenvalue weighted by molar-refractivity contribution is 0.0881. The minimum absolute atomic E-state index is 0.681. The topological polar surface area (TPSA) is 31.8 Å². The van der Waals surface area contributed by atoms with Crippen LogP contribution in [0.2, 0.25) is 0 Å². The summed E-state index contributed by atoms with van der Waals surface area (Å²) in [7, 11) is 1.72. The van der Waals surface area contributed by atoms with Gasteiger partial charge in [0, 0.05) is 57.2 Å². The first kappa shape index (κ1) is 18.3. The standard InChI is InChI=1S/C22H30N4O/c1-27-22-9-7-20(8-10-22)25-13-15-26(16-14-25)21-6-4-12-24(18-21)17-19-5-2-3-11-23-19/h2-3,5,7-11,21H,4,6,12-18H2,1H3. The van der Waals surface area contributed by atoms with E-state index in [9.17, 15) is 0 Å². The molecule has 4 rings (SSSR count). The highest BCUT2D eigenvalue weighted by Crippen LogP contribution is 2.23. The van der Waals surface area contributed by atoms with Gasteiger partial charge in [0.25, 0.3) is 0 Å². The van der Waals surface area contributed by atoms with Gasteiger partial charge in [-0.1, -0.05) is 6.07 Å². The van der Waals surface area contributed by atoms with Gasteiger partial charge >= 0.3 is 0 Å². The number of hydrogen-bond acceptors (Lipinski definition) is 5. The average Bonchev–Trinajstić information content (AvgIpc) is 2.75. The molecule has 1 unspecified atom stereocenters. The van der Waals surface area contributed by atoms with Crippen LogP contribution in [0.3, 0.4) is 0 Å². The fourth-order valence-corrected chi connectivity index (χ4v) is 4.33. The molecule has 2 saturated heterocycles. The molecule has 0 radical (unpaired) electrons. The van der Waals surface area contributed by atoms with Crippen molar-refractivity contribution >= 4 is 5.69 Å². The van der Waals surface area contributed by atoms with Crippen LogP contribution in [-0.2, 0) is 6.54 Å². The Morgan fingerprint density at radius 1 is 1.00 bits per heavy atom. The molecule has 27 heavy (non-hydrogen) atoms. The molecule has 1 aromatic heterocycles. The zero-order valence-electron chi connectivity index (χ0n) is 16.3. The smallest absolute Gasteiger partial charge is 0.119 e. The zero-order valence-corrected chi connectivity index (χ0v) is 16.3. The third-order valence-electron chi connectivity index (χ3n) is 5.86. The van der Waals surface area contributed by atoms with Crippen LogP contribution < -0.4 is 9.64 Å². The van der Waals surface area contributed by atoms with Crippen LogP contribution in [0.1, 0.15) is 18.5 Å². The van der Waals surface area contributed by atoms with Gasteiger partial charge in [-0.3, -0.25) is 14.8 Å². The Kier molecular flexibility index (Phi) is 5.90. The molecule has 2 aliphatic rings. The van der Waals surface area contributed by atoms with E-state index in [0.717, 1.165) is 38.5 Å². The van der Waals surface area contributed by atoms with Gasteiger partial charge in [-0.05, 0) is 55.8 Å². The van der Waals surface area contributed by atoms with Crippen molar-refractivity contribution in [3.63, 3.8) is 0 Å². The van der Waals surface area contributed by atoms with Crippen LogP contribution in [0.25, 0.3) is 0 Å². The summed E-state index contributed by atoms with van der Waals surface area (Å²) in [4.78, 5) is 12.3. The number of likely N-dealkylation sites (tertiary alicyclic amines) is 1. The monoisotopic (exact) mass is 366 g/mol. The predicted octanol–water partition coefficient (Wildman–Crippen LogP) is 2.88. The summed E-state index contributed by atoms with van der Waals surface area (Å²) in [6.45, 7) is 7.83. The van der Waals surface area contributed by atoms with Crippen molar-refractivity contribution in [2.24, 2.45) is 0 Å². The van der Waals surface area contributed by atoms with Gasteiger partial charge < -0.3 is 9.64 Å². The first-order chi connectivity index (χ1) is 13.3. The minimum Gasteiger partial charge on any atom is -0.497 e. The van der Waals surface area contributed by atoms with Gasteiger partial charge in [0.1, 0.15) is 5.75 Å². The minimum atomic E-state index is 0.681. The molecule has 1 atom stereocenters. The van der Waals surface area contributed by atoms with Crippen LogP contribution in [0.4, 0.5) is 5.69 Å². The van der Waals surface area contributed by atoms with E-state index in [1.807, 2.05) is 12.3 Å². The highest BCUT2D eigenvalue weighted by molar-refractivity contribution is 5.49. The Morgan fingerprint density at radius 3 is 2.52 bits per heavy atom. The number of pyridine rings is 1. The van der Waals surface area contributed by atoms with Crippen LogP contribution in [0.5, 0.6) is 5.75 Å². The van der Waals surface area contributed by atoms with Crippen LogP contribution in [0, 0.1) is 0 Å². The van der Waals surface area contributed by atoms with Gasteiger partial charge in [-0.25, -0.2) is 0 Å². The van der Waals surface area contributed by atoms with Crippen molar-refractivity contribution in [2.45, 2.75) is 25.4 Å². The first-order valence-corrected chi connectivity index (χ1v) is 10.1. The fourth-order valence-electron chi connectivity index (χ4n) is 4.33. The van der Waals surface area contributed by atoms with Crippen molar-refractivity contribution in [3.05, 3.63) is 54.4 Å². The van der Waals surface area contributed by atoms with Gasteiger partial charge in [0.05, 0.1) is 12.8 Å². The second-order valence-corrected chi connectivity index (χ2v) is 7.57. The SMILES string of the molecule is COc1ccc(N2CCN(C3CCCN(Cc4ccccn4)C3)CC2)cc1. The van der Waals surface area contributed by atoms with E-state index in [4.69, 9.17) is 4.74 Å². The quantitative estimate of drug-likeness (QED) is 0.812. The van der Waals surface area contributed by atoms with Gasteiger partial charge in [0.15, 0.2) is 0 Å². The van der Waals surface area contributed by atoms with Crippen LogP contribution in [-0.4, -0.2) is 67.2 Å². The molecule has 3 heterocycles. The molecule has 2 aliphatic heterocycles. The maximum absolute atomic E-state index is 5.27. The second-order valence-electron chi connectivity index (χ2n) is 7.57. The molecule has 144 valence electrons. The van der Waals surface area contributed by atoms with E-state index < -0.39 is 0 Å². The predicted molar refractivity (Wildman–Crippen MR) is 109 cm³/mol. The lowest BCUT2D eigenvalue weighted by Gasteiger charge is -2.44. The lowest BCUT2D eigenvalue weighted by atomic mass is 10.0. The summed E-state index contributed by atoms with van der Waals surface area (Å²) >= 11 is 0. The van der Waals surface area contributed by atoms with E-state index in [0.29, 0.717) is 6.04 Å². The number of piperazine rings is 1.